The summed E-state index contributed by atoms with van der Waals surface area (Å²) in [7, 11) is 1.58. The lowest BCUT2D eigenvalue weighted by molar-refractivity contribution is -0.00352. The van der Waals surface area contributed by atoms with Crippen molar-refractivity contribution in [1.29, 1.82) is 0 Å². The molecule has 1 unspecified atom stereocenters. The van der Waals surface area contributed by atoms with E-state index in [0.717, 1.165) is 16.8 Å². The summed E-state index contributed by atoms with van der Waals surface area (Å²) >= 11 is 0. The summed E-state index contributed by atoms with van der Waals surface area (Å²) in [4.78, 5) is 4.24. The van der Waals surface area contributed by atoms with Crippen molar-refractivity contribution in [2.75, 3.05) is 13.7 Å². The van der Waals surface area contributed by atoms with Gasteiger partial charge in [0.05, 0.1) is 6.61 Å². The van der Waals surface area contributed by atoms with Gasteiger partial charge in [0.2, 0.25) is 0 Å². The Morgan fingerprint density at radius 3 is 2.39 bits per heavy atom. The Morgan fingerprint density at radius 1 is 1.11 bits per heavy atom. The van der Waals surface area contributed by atoms with Gasteiger partial charge in [-0.15, -0.1) is 0 Å². The van der Waals surface area contributed by atoms with Gasteiger partial charge in [-0.1, -0.05) is 36.4 Å². The van der Waals surface area contributed by atoms with Gasteiger partial charge >= 0.3 is 0 Å². The number of rotatable bonds is 4. The topological polar surface area (TPSA) is 42.4 Å². The Balaban J connectivity index is 2.47. The van der Waals surface area contributed by atoms with Gasteiger partial charge < -0.3 is 9.84 Å². The van der Waals surface area contributed by atoms with Crippen LogP contribution in [0.2, 0.25) is 0 Å². The van der Waals surface area contributed by atoms with Crippen LogP contribution in [0.5, 0.6) is 0 Å². The van der Waals surface area contributed by atoms with Gasteiger partial charge in [-0.25, -0.2) is 0 Å². The second-order valence-corrected chi connectivity index (χ2v) is 4.35. The second kappa shape index (κ2) is 5.29. The molecule has 0 saturated heterocycles. The Kier molecular flexibility index (Phi) is 3.75. The molecule has 2 rings (SSSR count). The molecule has 2 aromatic rings. The lowest BCUT2D eigenvalue weighted by atomic mass is 9.88. The number of hydrogen-bond acceptors (Lipinski definition) is 3. The monoisotopic (exact) mass is 243 g/mol. The lowest BCUT2D eigenvalue weighted by Crippen LogP contribution is -2.32. The highest BCUT2D eigenvalue weighted by Crippen LogP contribution is 2.29. The fourth-order valence-electron chi connectivity index (χ4n) is 1.97. The maximum Gasteiger partial charge on any atom is 0.139 e. The van der Waals surface area contributed by atoms with Crippen LogP contribution >= 0.6 is 0 Å². The van der Waals surface area contributed by atoms with Gasteiger partial charge in [-0.05, 0) is 18.6 Å². The molecule has 3 heteroatoms. The van der Waals surface area contributed by atoms with Crippen LogP contribution in [0.4, 0.5) is 0 Å². The first-order valence-electron chi connectivity index (χ1n) is 5.87. The van der Waals surface area contributed by atoms with Crippen molar-refractivity contribution < 1.29 is 9.84 Å². The van der Waals surface area contributed by atoms with E-state index in [-0.39, 0.29) is 6.61 Å². The third-order valence-corrected chi connectivity index (χ3v) is 2.99. The summed E-state index contributed by atoms with van der Waals surface area (Å²) in [6.45, 7) is 2.11. The fraction of sp³-hybridized carbons (Fsp3) is 0.267. The molecule has 1 aromatic heterocycles. The molecule has 3 nitrogen and oxygen atoms in total. The van der Waals surface area contributed by atoms with Crippen LogP contribution in [0.25, 0.3) is 0 Å². The third kappa shape index (κ3) is 2.42. The van der Waals surface area contributed by atoms with E-state index in [1.807, 2.05) is 49.4 Å². The molecular weight excluding hydrogens is 226 g/mol. The van der Waals surface area contributed by atoms with Gasteiger partial charge in [0.25, 0.3) is 0 Å². The molecule has 0 amide bonds. The summed E-state index contributed by atoms with van der Waals surface area (Å²) in [6, 6.07) is 13.3. The van der Waals surface area contributed by atoms with Crippen molar-refractivity contribution >= 4 is 0 Å². The quantitative estimate of drug-likeness (QED) is 0.895. The predicted octanol–water partition coefficient (Wildman–Crippen LogP) is 2.27. The molecule has 1 atom stereocenters. The zero-order chi connectivity index (χ0) is 13.0. The van der Waals surface area contributed by atoms with Crippen LogP contribution in [-0.2, 0) is 10.3 Å². The minimum atomic E-state index is -1.16. The summed E-state index contributed by atoms with van der Waals surface area (Å²) in [6.07, 6.45) is 1.70. The first-order valence-corrected chi connectivity index (χ1v) is 5.87. The van der Waals surface area contributed by atoms with Gasteiger partial charge in [0.1, 0.15) is 5.60 Å². The highest BCUT2D eigenvalue weighted by molar-refractivity contribution is 5.35. The van der Waals surface area contributed by atoms with E-state index in [4.69, 9.17) is 4.74 Å². The van der Waals surface area contributed by atoms with Gasteiger partial charge in [-0.2, -0.15) is 0 Å². The largest absolute Gasteiger partial charge is 0.381 e. The Hall–Kier alpha value is -1.71. The van der Waals surface area contributed by atoms with Crippen LogP contribution < -0.4 is 0 Å². The SMILES string of the molecule is COCC(O)(c1ccccc1)c1ccc(C)nc1. The van der Waals surface area contributed by atoms with E-state index in [1.54, 1.807) is 13.3 Å². The lowest BCUT2D eigenvalue weighted by Gasteiger charge is -2.28. The number of methoxy groups -OCH3 is 1. The summed E-state index contributed by atoms with van der Waals surface area (Å²) in [5.74, 6) is 0. The second-order valence-electron chi connectivity index (χ2n) is 4.35. The van der Waals surface area contributed by atoms with E-state index >= 15 is 0 Å². The smallest absolute Gasteiger partial charge is 0.139 e. The van der Waals surface area contributed by atoms with Gasteiger partial charge in [0, 0.05) is 24.6 Å². The van der Waals surface area contributed by atoms with Crippen LogP contribution in [-0.4, -0.2) is 23.8 Å². The number of aryl methyl sites for hydroxylation is 1. The van der Waals surface area contributed by atoms with Crippen molar-refractivity contribution in [2.24, 2.45) is 0 Å². The molecule has 1 aromatic carbocycles. The highest BCUT2D eigenvalue weighted by Gasteiger charge is 2.31. The van der Waals surface area contributed by atoms with Gasteiger partial charge in [0.15, 0.2) is 0 Å². The molecule has 18 heavy (non-hydrogen) atoms. The van der Waals surface area contributed by atoms with Crippen LogP contribution in [0.15, 0.2) is 48.7 Å². The average molecular weight is 243 g/mol. The number of aliphatic hydroxyl groups is 1. The van der Waals surface area contributed by atoms with Crippen molar-refractivity contribution in [1.82, 2.24) is 4.98 Å². The Bertz CT molecular complexity index is 496. The molecule has 0 aliphatic heterocycles. The molecular formula is C15H17NO2. The van der Waals surface area contributed by atoms with E-state index in [2.05, 4.69) is 4.98 Å². The maximum atomic E-state index is 10.9. The molecule has 1 heterocycles. The standard InChI is InChI=1S/C15H17NO2/c1-12-8-9-14(10-16-12)15(17,11-18-2)13-6-4-3-5-7-13/h3-10,17H,11H2,1-2H3. The maximum absolute atomic E-state index is 10.9. The minimum Gasteiger partial charge on any atom is -0.381 e. The molecule has 0 radical (unpaired) electrons. The Labute approximate surface area is 107 Å². The number of pyridine rings is 1. The van der Waals surface area contributed by atoms with Crippen molar-refractivity contribution in [3.63, 3.8) is 0 Å². The zero-order valence-electron chi connectivity index (χ0n) is 10.6. The van der Waals surface area contributed by atoms with E-state index in [0.29, 0.717) is 0 Å². The van der Waals surface area contributed by atoms with E-state index in [9.17, 15) is 5.11 Å². The van der Waals surface area contributed by atoms with Crippen LogP contribution in [0.3, 0.4) is 0 Å². The van der Waals surface area contributed by atoms with E-state index in [1.165, 1.54) is 0 Å². The summed E-state index contributed by atoms with van der Waals surface area (Å²) in [5.41, 5.74) is 1.31. The summed E-state index contributed by atoms with van der Waals surface area (Å²) in [5, 5.41) is 10.9. The van der Waals surface area contributed by atoms with Gasteiger partial charge in [-0.3, -0.25) is 4.98 Å². The van der Waals surface area contributed by atoms with E-state index < -0.39 is 5.60 Å². The number of ether oxygens (including phenoxy) is 1. The molecule has 0 spiro atoms. The first-order chi connectivity index (χ1) is 8.66. The molecule has 0 fully saturated rings. The van der Waals surface area contributed by atoms with Crippen molar-refractivity contribution in [3.8, 4) is 0 Å². The van der Waals surface area contributed by atoms with Crippen LogP contribution in [0.1, 0.15) is 16.8 Å². The highest BCUT2D eigenvalue weighted by atomic mass is 16.5. The third-order valence-electron chi connectivity index (χ3n) is 2.99. The van der Waals surface area contributed by atoms with Crippen molar-refractivity contribution in [2.45, 2.75) is 12.5 Å². The van der Waals surface area contributed by atoms with Crippen molar-refractivity contribution in [3.05, 3.63) is 65.5 Å². The fourth-order valence-corrected chi connectivity index (χ4v) is 1.97. The molecule has 1 N–H and O–H groups in total. The average Bonchev–Trinajstić information content (AvgIpc) is 2.40. The zero-order valence-corrected chi connectivity index (χ0v) is 10.6. The molecule has 0 saturated carbocycles. The number of benzene rings is 1. The molecule has 0 bridgehead atoms. The number of aromatic nitrogens is 1. The molecule has 0 aliphatic carbocycles. The van der Waals surface area contributed by atoms with Crippen LogP contribution in [0, 0.1) is 6.92 Å². The Morgan fingerprint density at radius 2 is 1.83 bits per heavy atom. The minimum absolute atomic E-state index is 0.196. The normalized spacial score (nSPS) is 14.2. The number of nitrogens with zero attached hydrogens (tertiary/aromatic N) is 1. The predicted molar refractivity (Wildman–Crippen MR) is 70.3 cm³/mol. The number of hydrogen-bond donors (Lipinski definition) is 1. The summed E-state index contributed by atoms with van der Waals surface area (Å²) < 4.78 is 5.17. The molecule has 94 valence electrons. The first kappa shape index (κ1) is 12.7. The molecule has 0 aliphatic rings.